The van der Waals surface area contributed by atoms with Crippen LogP contribution in [0.15, 0.2) is 6.07 Å². The molecule has 0 radical (unpaired) electrons. The molecule has 1 atom stereocenters. The highest BCUT2D eigenvalue weighted by Crippen LogP contribution is 2.38. The van der Waals surface area contributed by atoms with Crippen LogP contribution in [0.3, 0.4) is 0 Å². The zero-order chi connectivity index (χ0) is 14.0. The van der Waals surface area contributed by atoms with E-state index < -0.39 is 0 Å². The standard InChI is InChI=1S/C14H22Cl2N2S/c1-3-18(11-6-4-10(17)5-7-11)9(2)12-8-13(15)19-14(12)16/h8-11H,3-7,17H2,1-2H3. The fourth-order valence-corrected chi connectivity index (χ4v) is 4.73. The maximum atomic E-state index is 6.29. The van der Waals surface area contributed by atoms with Crippen molar-refractivity contribution in [2.45, 2.75) is 57.7 Å². The monoisotopic (exact) mass is 320 g/mol. The average molecular weight is 321 g/mol. The molecule has 1 saturated carbocycles. The van der Waals surface area contributed by atoms with Gasteiger partial charge in [-0.3, -0.25) is 4.90 Å². The maximum absolute atomic E-state index is 6.29. The fourth-order valence-electron chi connectivity index (χ4n) is 3.10. The molecule has 0 aromatic carbocycles. The molecule has 1 fully saturated rings. The van der Waals surface area contributed by atoms with Gasteiger partial charge in [-0.25, -0.2) is 0 Å². The summed E-state index contributed by atoms with van der Waals surface area (Å²) in [6.45, 7) is 5.47. The first-order chi connectivity index (χ1) is 9.02. The second kappa shape index (κ2) is 6.77. The van der Waals surface area contributed by atoms with Gasteiger partial charge >= 0.3 is 0 Å². The third-order valence-electron chi connectivity index (χ3n) is 4.21. The van der Waals surface area contributed by atoms with Gasteiger partial charge in [-0.2, -0.15) is 0 Å². The Morgan fingerprint density at radius 1 is 1.37 bits per heavy atom. The van der Waals surface area contributed by atoms with Gasteiger partial charge in [0.15, 0.2) is 0 Å². The summed E-state index contributed by atoms with van der Waals surface area (Å²) in [6, 6.07) is 3.34. The van der Waals surface area contributed by atoms with Gasteiger partial charge in [-0.15, -0.1) is 11.3 Å². The van der Waals surface area contributed by atoms with Gasteiger partial charge in [0.1, 0.15) is 0 Å². The topological polar surface area (TPSA) is 29.3 Å². The van der Waals surface area contributed by atoms with Crippen LogP contribution in [0.4, 0.5) is 0 Å². The largest absolute Gasteiger partial charge is 0.328 e. The Morgan fingerprint density at radius 2 is 2.00 bits per heavy atom. The van der Waals surface area contributed by atoms with E-state index in [1.54, 1.807) is 0 Å². The Labute approximate surface area is 129 Å². The molecule has 2 rings (SSSR count). The van der Waals surface area contributed by atoms with Gasteiger partial charge in [0.2, 0.25) is 0 Å². The van der Waals surface area contributed by atoms with Crippen LogP contribution in [-0.2, 0) is 0 Å². The predicted molar refractivity (Wildman–Crippen MR) is 85.4 cm³/mol. The Morgan fingerprint density at radius 3 is 2.47 bits per heavy atom. The van der Waals surface area contributed by atoms with Crippen LogP contribution in [0.5, 0.6) is 0 Å². The molecule has 19 heavy (non-hydrogen) atoms. The van der Waals surface area contributed by atoms with Crippen molar-refractivity contribution in [3.63, 3.8) is 0 Å². The van der Waals surface area contributed by atoms with E-state index in [0.29, 0.717) is 18.1 Å². The summed E-state index contributed by atoms with van der Waals surface area (Å²) in [5.41, 5.74) is 7.16. The minimum atomic E-state index is 0.320. The normalized spacial score (nSPS) is 25.8. The number of thiophene rings is 1. The van der Waals surface area contributed by atoms with Crippen molar-refractivity contribution >= 4 is 34.5 Å². The van der Waals surface area contributed by atoms with Crippen LogP contribution >= 0.6 is 34.5 Å². The van der Waals surface area contributed by atoms with Crippen molar-refractivity contribution in [1.82, 2.24) is 4.90 Å². The second-order valence-electron chi connectivity index (χ2n) is 5.35. The van der Waals surface area contributed by atoms with Gasteiger partial charge in [-0.1, -0.05) is 30.1 Å². The van der Waals surface area contributed by atoms with Gasteiger partial charge in [0.25, 0.3) is 0 Å². The van der Waals surface area contributed by atoms with E-state index in [9.17, 15) is 0 Å². The Hall–Kier alpha value is 0.200. The molecule has 108 valence electrons. The Kier molecular flexibility index (Phi) is 5.55. The number of rotatable bonds is 4. The van der Waals surface area contributed by atoms with E-state index in [-0.39, 0.29) is 0 Å². The molecule has 1 aromatic rings. The quantitative estimate of drug-likeness (QED) is 0.870. The smallest absolute Gasteiger partial charge is 0.0991 e. The first kappa shape index (κ1) is 15.6. The summed E-state index contributed by atoms with van der Waals surface area (Å²) >= 11 is 13.8. The molecule has 1 aliphatic carbocycles. The lowest BCUT2D eigenvalue weighted by atomic mass is 9.89. The molecule has 1 aromatic heterocycles. The lowest BCUT2D eigenvalue weighted by Gasteiger charge is -2.39. The summed E-state index contributed by atoms with van der Waals surface area (Å²) in [6.07, 6.45) is 4.64. The molecule has 2 nitrogen and oxygen atoms in total. The molecule has 1 heterocycles. The Balaban J connectivity index is 2.10. The van der Waals surface area contributed by atoms with E-state index in [2.05, 4.69) is 18.7 Å². The van der Waals surface area contributed by atoms with Crippen LogP contribution in [0, 0.1) is 0 Å². The summed E-state index contributed by atoms with van der Waals surface area (Å²) in [7, 11) is 0. The highest BCUT2D eigenvalue weighted by atomic mass is 35.5. The van der Waals surface area contributed by atoms with Crippen molar-refractivity contribution in [3.05, 3.63) is 20.3 Å². The maximum Gasteiger partial charge on any atom is 0.0991 e. The predicted octanol–water partition coefficient (Wildman–Crippen LogP) is 4.71. The zero-order valence-electron chi connectivity index (χ0n) is 11.5. The van der Waals surface area contributed by atoms with E-state index in [1.165, 1.54) is 24.2 Å². The highest BCUT2D eigenvalue weighted by molar-refractivity contribution is 7.20. The molecule has 0 saturated heterocycles. The van der Waals surface area contributed by atoms with Crippen molar-refractivity contribution in [3.8, 4) is 0 Å². The molecule has 1 aliphatic rings. The van der Waals surface area contributed by atoms with E-state index in [0.717, 1.165) is 33.6 Å². The summed E-state index contributed by atoms with van der Waals surface area (Å²) in [5, 5.41) is 0. The van der Waals surface area contributed by atoms with Crippen LogP contribution < -0.4 is 5.73 Å². The van der Waals surface area contributed by atoms with Gasteiger partial charge in [0, 0.05) is 23.7 Å². The number of halogens is 2. The molecule has 0 amide bonds. The van der Waals surface area contributed by atoms with Crippen molar-refractivity contribution in [1.29, 1.82) is 0 Å². The molecule has 2 N–H and O–H groups in total. The van der Waals surface area contributed by atoms with Crippen LogP contribution in [0.1, 0.15) is 51.1 Å². The van der Waals surface area contributed by atoms with E-state index in [4.69, 9.17) is 28.9 Å². The van der Waals surface area contributed by atoms with Crippen molar-refractivity contribution in [2.75, 3.05) is 6.54 Å². The lowest BCUT2D eigenvalue weighted by molar-refractivity contribution is 0.114. The molecular formula is C14H22Cl2N2S. The third kappa shape index (κ3) is 3.64. The number of hydrogen-bond acceptors (Lipinski definition) is 3. The average Bonchev–Trinajstić information content (AvgIpc) is 2.71. The lowest BCUT2D eigenvalue weighted by Crippen LogP contribution is -2.42. The second-order valence-corrected chi connectivity index (χ2v) is 7.64. The minimum absolute atomic E-state index is 0.320. The van der Waals surface area contributed by atoms with Crippen molar-refractivity contribution in [2.24, 2.45) is 5.73 Å². The molecule has 0 spiro atoms. The summed E-state index contributed by atoms with van der Waals surface area (Å²) in [5.74, 6) is 0. The number of nitrogens with zero attached hydrogens (tertiary/aromatic N) is 1. The summed E-state index contributed by atoms with van der Waals surface area (Å²) in [4.78, 5) is 2.54. The number of hydrogen-bond donors (Lipinski definition) is 1. The molecule has 1 unspecified atom stereocenters. The SMILES string of the molecule is CCN(C1CCC(N)CC1)C(C)c1cc(Cl)sc1Cl. The number of nitrogens with two attached hydrogens (primary N) is 1. The van der Waals surface area contributed by atoms with Crippen LogP contribution in [0.2, 0.25) is 8.67 Å². The first-order valence-corrected chi connectivity index (χ1v) is 8.56. The van der Waals surface area contributed by atoms with Crippen LogP contribution in [0.25, 0.3) is 0 Å². The molecular weight excluding hydrogens is 299 g/mol. The summed E-state index contributed by atoms with van der Waals surface area (Å²) < 4.78 is 1.59. The van der Waals surface area contributed by atoms with E-state index in [1.807, 2.05) is 6.07 Å². The molecule has 0 bridgehead atoms. The zero-order valence-corrected chi connectivity index (χ0v) is 13.9. The fraction of sp³-hybridized carbons (Fsp3) is 0.714. The van der Waals surface area contributed by atoms with Gasteiger partial charge in [0.05, 0.1) is 8.67 Å². The van der Waals surface area contributed by atoms with E-state index >= 15 is 0 Å². The first-order valence-electron chi connectivity index (χ1n) is 6.99. The molecule has 0 aliphatic heterocycles. The van der Waals surface area contributed by atoms with Crippen LogP contribution in [-0.4, -0.2) is 23.5 Å². The third-order valence-corrected chi connectivity index (χ3v) is 5.72. The molecule has 5 heteroatoms. The van der Waals surface area contributed by atoms with Gasteiger partial charge < -0.3 is 5.73 Å². The van der Waals surface area contributed by atoms with Crippen molar-refractivity contribution < 1.29 is 0 Å². The Bertz CT molecular complexity index is 414. The highest BCUT2D eigenvalue weighted by Gasteiger charge is 2.28. The minimum Gasteiger partial charge on any atom is -0.328 e. The van der Waals surface area contributed by atoms with Gasteiger partial charge in [-0.05, 0) is 45.2 Å².